The fourth-order valence-electron chi connectivity index (χ4n) is 12.9. The zero-order valence-corrected chi connectivity index (χ0v) is 61.0. The van der Waals surface area contributed by atoms with Gasteiger partial charge in [-0.05, 0) is 68.8 Å². The average molecular weight is 1490 g/mol. The van der Waals surface area contributed by atoms with Crippen molar-refractivity contribution >= 4 is 126 Å². The number of benzene rings is 8. The van der Waals surface area contributed by atoms with Gasteiger partial charge in [0, 0.05) is 135 Å². The Morgan fingerprint density at radius 1 is 0.290 bits per heavy atom. The third kappa shape index (κ3) is 20.6. The number of nitrogens with two attached hydrogens (primary N) is 1. The molecule has 7 amide bonds. The van der Waals surface area contributed by atoms with E-state index < -0.39 is 95.7 Å². The number of amides is 7. The Morgan fingerprint density at radius 3 is 0.841 bits per heavy atom. The molecule has 14 N–H and O–H groups in total. The maximum absolute atomic E-state index is 15.7. The van der Waals surface area contributed by atoms with E-state index in [4.69, 9.17) is 5.73 Å². The van der Waals surface area contributed by atoms with Gasteiger partial charge in [-0.3, -0.25) is 33.6 Å². The fraction of sp³-hybridized carbons (Fsp3) is 0.229. The van der Waals surface area contributed by atoms with E-state index in [1.165, 1.54) is 35.3 Å². The van der Waals surface area contributed by atoms with E-state index in [2.05, 4.69) is 57.2 Å². The Labute approximate surface area is 631 Å². The summed E-state index contributed by atoms with van der Waals surface area (Å²) in [4.78, 5) is 133. The van der Waals surface area contributed by atoms with Gasteiger partial charge in [-0.1, -0.05) is 194 Å². The summed E-state index contributed by atoms with van der Waals surface area (Å²) < 4.78 is 0. The fourth-order valence-corrected chi connectivity index (χ4v) is 15.9. The van der Waals surface area contributed by atoms with E-state index in [-0.39, 0.29) is 49.4 Å². The lowest BCUT2D eigenvalue weighted by molar-refractivity contribution is -0.142. The first-order valence-corrected chi connectivity index (χ1v) is 38.8. The Morgan fingerprint density at radius 2 is 0.533 bits per heavy atom. The van der Waals surface area contributed by atoms with Crippen LogP contribution in [0, 0.1) is 0 Å². The zero-order valence-electron chi connectivity index (χ0n) is 58.5. The number of nitrogens with one attached hydrogen (secondary N) is 11. The van der Waals surface area contributed by atoms with E-state index >= 15 is 24.0 Å². The minimum Gasteiger partial charge on any atom is -0.480 e. The molecule has 0 saturated heterocycles. The van der Waals surface area contributed by atoms with Gasteiger partial charge in [0.1, 0.15) is 42.3 Å². The first-order valence-electron chi connectivity index (χ1n) is 35.4. The number of carboxylic acids is 1. The number of carbonyl (C=O) groups excluding carboxylic acids is 7. The molecule has 0 bridgehead atoms. The number of hydrogen-bond donors (Lipinski definition) is 13. The van der Waals surface area contributed by atoms with Crippen molar-refractivity contribution in [3.05, 3.63) is 288 Å². The molecule has 0 radical (unpaired) electrons. The van der Waals surface area contributed by atoms with Gasteiger partial charge in [0.15, 0.2) is 0 Å². The van der Waals surface area contributed by atoms with Crippen LogP contribution in [0.3, 0.4) is 0 Å². The van der Waals surface area contributed by atoms with E-state index in [0.29, 0.717) is 39.5 Å². The predicted octanol–water partition coefficient (Wildman–Crippen LogP) is 9.73. The van der Waals surface area contributed by atoms with Crippen LogP contribution in [-0.4, -0.2) is 138 Å². The largest absolute Gasteiger partial charge is 0.480 e. The third-order valence-electron chi connectivity index (χ3n) is 18.6. The van der Waals surface area contributed by atoms with Crippen LogP contribution >= 0.6 is 35.3 Å². The van der Waals surface area contributed by atoms with Crippen molar-refractivity contribution in [2.24, 2.45) is 5.73 Å². The summed E-state index contributed by atoms with van der Waals surface area (Å²) in [5.74, 6) is -4.76. The van der Waals surface area contributed by atoms with Crippen LogP contribution in [-0.2, 0) is 87.7 Å². The van der Waals surface area contributed by atoms with Crippen molar-refractivity contribution in [1.82, 2.24) is 57.2 Å². The number of rotatable bonds is 37. The number of aromatic nitrogens is 4. The van der Waals surface area contributed by atoms with Crippen molar-refractivity contribution in [2.45, 2.75) is 97.7 Å². The van der Waals surface area contributed by atoms with Crippen molar-refractivity contribution in [3.8, 4) is 0 Å². The zero-order chi connectivity index (χ0) is 74.4. The molecule has 0 aliphatic heterocycles. The van der Waals surface area contributed by atoms with Crippen LogP contribution in [0.25, 0.3) is 43.6 Å². The number of hydrogen-bond acceptors (Lipinski definition) is 12. The lowest BCUT2D eigenvalue weighted by Gasteiger charge is -2.28. The molecule has 4 heterocycles. The van der Waals surface area contributed by atoms with Crippen molar-refractivity contribution in [3.63, 3.8) is 0 Å². The predicted molar refractivity (Wildman–Crippen MR) is 425 cm³/mol. The van der Waals surface area contributed by atoms with Gasteiger partial charge in [-0.2, -0.15) is 35.3 Å². The summed E-state index contributed by atoms with van der Waals surface area (Å²) in [6.45, 7) is 0. The second-order valence-electron chi connectivity index (χ2n) is 26.3. The summed E-state index contributed by atoms with van der Waals surface area (Å²) in [6.07, 6.45) is 6.70. The number of carboxylic acid groups (broad SMARTS) is 1. The number of aliphatic carboxylic acids is 1. The second kappa shape index (κ2) is 37.1. The molecule has 12 rings (SSSR count). The second-order valence-corrected chi connectivity index (χ2v) is 29.4. The van der Waals surface area contributed by atoms with E-state index in [0.717, 1.165) is 65.9 Å². The van der Waals surface area contributed by atoms with E-state index in [1.807, 2.05) is 188 Å². The number of para-hydroxylation sites is 4. The molecule has 12 aromatic rings. The molecule has 0 fully saturated rings. The molecule has 24 heteroatoms. The molecule has 548 valence electrons. The number of carbonyl (C=O) groups is 8. The average Bonchev–Trinajstić information content (AvgIpc) is 1.73. The van der Waals surface area contributed by atoms with Crippen molar-refractivity contribution < 1.29 is 43.5 Å². The SMILES string of the molecule is N[C@@H](CSCc1ccccc1)C(=O)N[C@@H](Cc1c[nH]c2ccccc12)C(=O)N[C@@H](Cc1c[nH]c2ccccc12)C(=O)N[C@@H](CSCc1ccccc1)C(=O)N[C@@H](Cc1c[nH]c2ccccc12)C(=O)N[C@@H](CSCc1ccccc1)C(=O)N[C@@H](Cc1c[nH]c2ccccc12)C(=O)N[C@@H](Cc1ccccc1)C(=O)O. The maximum atomic E-state index is 15.7. The number of aromatic amines is 4. The van der Waals surface area contributed by atoms with Crippen molar-refractivity contribution in [1.29, 1.82) is 0 Å². The minimum atomic E-state index is -1.44. The first-order chi connectivity index (χ1) is 52.2. The normalized spacial score (nSPS) is 13.7. The molecule has 8 atom stereocenters. The topological polar surface area (TPSA) is 330 Å². The van der Waals surface area contributed by atoms with Gasteiger partial charge >= 0.3 is 5.97 Å². The highest BCUT2D eigenvalue weighted by molar-refractivity contribution is 7.99. The molecule has 4 aromatic heterocycles. The molecule has 0 spiro atoms. The number of thioether (sulfide) groups is 3. The first kappa shape index (κ1) is 75.4. The number of H-pyrrole nitrogens is 4. The highest BCUT2D eigenvalue weighted by Crippen LogP contribution is 2.26. The van der Waals surface area contributed by atoms with Crippen LogP contribution in [0.1, 0.15) is 44.5 Å². The smallest absolute Gasteiger partial charge is 0.326 e. The van der Waals surface area contributed by atoms with Crippen LogP contribution in [0.5, 0.6) is 0 Å². The molecule has 0 saturated carbocycles. The van der Waals surface area contributed by atoms with Crippen LogP contribution < -0.4 is 43.0 Å². The standard InChI is InChI=1S/C83H84N12O9S3/c84-64(49-105-46-53-23-7-2-8-24-53)76(96)89-69(38-56-42-85-65-33-17-13-29-60(56)65)77(97)90-71(40-58-44-87-67-35-19-15-31-62(58)67)79(99)94-75(51-107-48-55-27-11-4-12-28-55)82(102)92-72(41-59-45-88-68-36-20-16-32-63(59)68)80(100)95-74(50-106-47-54-25-9-3-10-26-54)81(101)91-70(39-57-43-86-66-34-18-14-30-61(57)66)78(98)93-73(83(103)104)37-52-21-5-1-6-22-52/h1-36,42-45,64,69-75,85-88H,37-41,46-51,84H2,(H,89,96)(H,90,97)(H,91,101)(H,92,102)(H,93,98)(H,94,99)(H,95,100)(H,103,104)/t64-,69-,70-,71-,72-,73-,74-,75-/m0/s1. The maximum Gasteiger partial charge on any atom is 0.326 e. The van der Waals surface area contributed by atoms with Gasteiger partial charge < -0.3 is 68.0 Å². The molecular weight excluding hydrogens is 1410 g/mol. The van der Waals surface area contributed by atoms with Gasteiger partial charge in [-0.15, -0.1) is 0 Å². The van der Waals surface area contributed by atoms with Crippen LogP contribution in [0.2, 0.25) is 0 Å². The highest BCUT2D eigenvalue weighted by Gasteiger charge is 2.36. The van der Waals surface area contributed by atoms with Gasteiger partial charge in [-0.25, -0.2) is 4.79 Å². The summed E-state index contributed by atoms with van der Waals surface area (Å²) in [6, 6.07) is 57.2. The molecule has 0 aliphatic carbocycles. The molecule has 0 unspecified atom stereocenters. The third-order valence-corrected chi connectivity index (χ3v) is 22.0. The van der Waals surface area contributed by atoms with E-state index in [9.17, 15) is 19.5 Å². The molecule has 0 aliphatic rings. The highest BCUT2D eigenvalue weighted by atomic mass is 32.2. The monoisotopic (exact) mass is 1490 g/mol. The van der Waals surface area contributed by atoms with Gasteiger partial charge in [0.2, 0.25) is 41.4 Å². The summed E-state index contributed by atoms with van der Waals surface area (Å²) in [5, 5.41) is 34.2. The quantitative estimate of drug-likeness (QED) is 0.0173. The Kier molecular flexibility index (Phi) is 26.1. The van der Waals surface area contributed by atoms with Gasteiger partial charge in [0.25, 0.3) is 0 Å². The lowest BCUT2D eigenvalue weighted by atomic mass is 10.0. The minimum absolute atomic E-state index is 0.00544. The van der Waals surface area contributed by atoms with Crippen LogP contribution in [0.4, 0.5) is 0 Å². The lowest BCUT2D eigenvalue weighted by Crippen LogP contribution is -2.61. The Hall–Kier alpha value is -11.3. The molecular formula is C83H84N12O9S3. The summed E-state index contributed by atoms with van der Waals surface area (Å²) in [5.41, 5.74) is 16.0. The summed E-state index contributed by atoms with van der Waals surface area (Å²) in [7, 11) is 0. The van der Waals surface area contributed by atoms with E-state index in [1.54, 1.807) is 55.1 Å². The molecule has 21 nitrogen and oxygen atoms in total. The van der Waals surface area contributed by atoms with Crippen LogP contribution in [0.15, 0.2) is 243 Å². The molecule has 107 heavy (non-hydrogen) atoms. The Bertz CT molecular complexity index is 5020. The van der Waals surface area contributed by atoms with Gasteiger partial charge in [0.05, 0.1) is 6.04 Å². The van der Waals surface area contributed by atoms with Crippen molar-refractivity contribution in [2.75, 3.05) is 17.3 Å². The Balaban J connectivity index is 0.849. The number of fused-ring (bicyclic) bond motifs is 4. The molecule has 8 aromatic carbocycles. The summed E-state index contributed by atoms with van der Waals surface area (Å²) >= 11 is 4.19.